The van der Waals surface area contributed by atoms with E-state index in [4.69, 9.17) is 9.26 Å². The third kappa shape index (κ3) is 4.69. The molecule has 7 nitrogen and oxygen atoms in total. The summed E-state index contributed by atoms with van der Waals surface area (Å²) in [6.07, 6.45) is 3.95. The van der Waals surface area contributed by atoms with E-state index >= 15 is 0 Å². The molecule has 1 saturated heterocycles. The van der Waals surface area contributed by atoms with Crippen LogP contribution in [0.1, 0.15) is 32.0 Å². The molecule has 2 heterocycles. The summed E-state index contributed by atoms with van der Waals surface area (Å²) in [5.41, 5.74) is 0. The first kappa shape index (κ1) is 16.7. The Kier molecular flexibility index (Phi) is 6.18. The fourth-order valence-electron chi connectivity index (χ4n) is 2.61. The second-order valence-corrected chi connectivity index (χ2v) is 5.89. The molecule has 1 amide bonds. The minimum Gasteiger partial charge on any atom is -0.372 e. The molecule has 1 aliphatic heterocycles. The average Bonchev–Trinajstić information content (AvgIpc) is 3.00. The molecule has 0 bridgehead atoms. The summed E-state index contributed by atoms with van der Waals surface area (Å²) in [6.45, 7) is 4.34. The zero-order valence-corrected chi connectivity index (χ0v) is 13.7. The van der Waals surface area contributed by atoms with Crippen molar-refractivity contribution in [3.05, 3.63) is 5.82 Å². The minimum atomic E-state index is 0.106. The van der Waals surface area contributed by atoms with E-state index in [9.17, 15) is 4.79 Å². The predicted octanol–water partition coefficient (Wildman–Crippen LogP) is 1.34. The lowest BCUT2D eigenvalue weighted by Gasteiger charge is -2.31. The summed E-state index contributed by atoms with van der Waals surface area (Å²) in [7, 11) is 3.76. The summed E-state index contributed by atoms with van der Waals surface area (Å²) < 4.78 is 10.3. The molecular formula is C15H26N4O3. The van der Waals surface area contributed by atoms with Crippen LogP contribution in [-0.2, 0) is 16.0 Å². The summed E-state index contributed by atoms with van der Waals surface area (Å²) in [5.74, 6) is 1.49. The molecule has 0 N–H and O–H groups in total. The van der Waals surface area contributed by atoms with Gasteiger partial charge in [0.25, 0.3) is 0 Å². The van der Waals surface area contributed by atoms with Crippen molar-refractivity contribution in [1.82, 2.24) is 15.0 Å². The molecule has 0 atom stereocenters. The number of hydrogen-bond donors (Lipinski definition) is 0. The molecule has 1 aromatic heterocycles. The third-order valence-electron chi connectivity index (χ3n) is 4.01. The fraction of sp³-hybridized carbons (Fsp3) is 0.800. The SMILES string of the molecule is CCOCC(=O)N1CCC(CCc2noc(N(C)C)n2)CC1. The summed E-state index contributed by atoms with van der Waals surface area (Å²) >= 11 is 0. The first-order chi connectivity index (χ1) is 10.6. The molecule has 7 heteroatoms. The molecule has 124 valence electrons. The molecule has 0 aromatic carbocycles. The molecule has 1 fully saturated rings. The Labute approximate surface area is 131 Å². The average molecular weight is 310 g/mol. The number of rotatable bonds is 7. The van der Waals surface area contributed by atoms with Crippen LogP contribution >= 0.6 is 0 Å². The van der Waals surface area contributed by atoms with Crippen molar-refractivity contribution in [2.75, 3.05) is 45.3 Å². The molecule has 1 aliphatic rings. The van der Waals surface area contributed by atoms with Crippen molar-refractivity contribution in [1.29, 1.82) is 0 Å². The highest BCUT2D eigenvalue weighted by Gasteiger charge is 2.23. The van der Waals surface area contributed by atoms with Crippen LogP contribution in [0.3, 0.4) is 0 Å². The largest absolute Gasteiger partial charge is 0.372 e. The van der Waals surface area contributed by atoms with Gasteiger partial charge in [0.05, 0.1) is 0 Å². The number of aromatic nitrogens is 2. The number of nitrogens with zero attached hydrogens (tertiary/aromatic N) is 4. The lowest BCUT2D eigenvalue weighted by atomic mass is 9.92. The normalized spacial score (nSPS) is 16.0. The number of hydrogen-bond acceptors (Lipinski definition) is 6. The number of amides is 1. The zero-order valence-electron chi connectivity index (χ0n) is 13.7. The van der Waals surface area contributed by atoms with E-state index in [1.807, 2.05) is 25.9 Å². The quantitative estimate of drug-likeness (QED) is 0.757. The number of carbonyl (C=O) groups excluding carboxylic acids is 1. The second-order valence-electron chi connectivity index (χ2n) is 5.89. The van der Waals surface area contributed by atoms with Gasteiger partial charge in [0.15, 0.2) is 5.82 Å². The summed E-state index contributed by atoms with van der Waals surface area (Å²) in [6, 6.07) is 0.548. The highest BCUT2D eigenvalue weighted by atomic mass is 16.5. The van der Waals surface area contributed by atoms with Crippen LogP contribution in [0, 0.1) is 5.92 Å². The van der Waals surface area contributed by atoms with Crippen LogP contribution in [0.5, 0.6) is 0 Å². The third-order valence-corrected chi connectivity index (χ3v) is 4.01. The van der Waals surface area contributed by atoms with Crippen molar-refractivity contribution in [3.63, 3.8) is 0 Å². The van der Waals surface area contributed by atoms with E-state index in [-0.39, 0.29) is 12.5 Å². The monoisotopic (exact) mass is 310 g/mol. The Morgan fingerprint density at radius 1 is 1.41 bits per heavy atom. The first-order valence-electron chi connectivity index (χ1n) is 7.95. The summed E-state index contributed by atoms with van der Waals surface area (Å²) in [5, 5.41) is 3.99. The molecule has 0 aliphatic carbocycles. The Bertz CT molecular complexity index is 467. The first-order valence-corrected chi connectivity index (χ1v) is 7.95. The lowest BCUT2D eigenvalue weighted by molar-refractivity contribution is -0.137. The zero-order chi connectivity index (χ0) is 15.9. The van der Waals surface area contributed by atoms with Gasteiger partial charge in [0.2, 0.25) is 5.91 Å². The fourth-order valence-corrected chi connectivity index (χ4v) is 2.61. The van der Waals surface area contributed by atoms with Gasteiger partial charge in [-0.15, -0.1) is 0 Å². The van der Waals surface area contributed by atoms with Crippen LogP contribution in [0.4, 0.5) is 6.01 Å². The molecule has 0 unspecified atom stereocenters. The Morgan fingerprint density at radius 2 is 2.14 bits per heavy atom. The second kappa shape index (κ2) is 8.12. The number of aryl methyl sites for hydroxylation is 1. The van der Waals surface area contributed by atoms with Gasteiger partial charge in [-0.3, -0.25) is 4.79 Å². The van der Waals surface area contributed by atoms with Gasteiger partial charge in [-0.2, -0.15) is 4.98 Å². The van der Waals surface area contributed by atoms with Gasteiger partial charge >= 0.3 is 6.01 Å². The molecule has 0 spiro atoms. The lowest BCUT2D eigenvalue weighted by Crippen LogP contribution is -2.40. The van der Waals surface area contributed by atoms with Crippen LogP contribution in [0.2, 0.25) is 0 Å². The highest BCUT2D eigenvalue weighted by Crippen LogP contribution is 2.22. The molecule has 0 radical (unpaired) electrons. The van der Waals surface area contributed by atoms with E-state index in [1.54, 1.807) is 4.90 Å². The van der Waals surface area contributed by atoms with Crippen molar-refractivity contribution in [2.24, 2.45) is 5.92 Å². The van der Waals surface area contributed by atoms with Crippen LogP contribution in [0.15, 0.2) is 4.52 Å². The van der Waals surface area contributed by atoms with Gasteiger partial charge in [-0.25, -0.2) is 0 Å². The van der Waals surface area contributed by atoms with Crippen molar-refractivity contribution < 1.29 is 14.1 Å². The Balaban J connectivity index is 1.69. The van der Waals surface area contributed by atoms with Gasteiger partial charge < -0.3 is 19.1 Å². The van der Waals surface area contributed by atoms with Gasteiger partial charge in [0, 0.05) is 40.2 Å². The Hall–Kier alpha value is -1.63. The number of carbonyl (C=O) groups is 1. The van der Waals surface area contributed by atoms with Crippen LogP contribution in [0.25, 0.3) is 0 Å². The molecule has 0 saturated carbocycles. The standard InChI is InChI=1S/C15H26N4O3/c1-4-21-11-14(20)19-9-7-12(8-10-19)5-6-13-16-15(18(2)3)22-17-13/h12H,4-11H2,1-3H3. The molecule has 1 aromatic rings. The molecule has 22 heavy (non-hydrogen) atoms. The maximum Gasteiger partial charge on any atom is 0.323 e. The van der Waals surface area contributed by atoms with E-state index in [0.717, 1.165) is 44.6 Å². The summed E-state index contributed by atoms with van der Waals surface area (Å²) in [4.78, 5) is 19.9. The van der Waals surface area contributed by atoms with E-state index < -0.39 is 0 Å². The number of piperidine rings is 1. The van der Waals surface area contributed by atoms with Crippen LogP contribution in [-0.4, -0.2) is 61.3 Å². The maximum absolute atomic E-state index is 11.9. The predicted molar refractivity (Wildman–Crippen MR) is 82.7 cm³/mol. The van der Waals surface area contributed by atoms with E-state index in [0.29, 0.717) is 18.5 Å². The molecule has 2 rings (SSSR count). The van der Waals surface area contributed by atoms with Crippen molar-refractivity contribution in [2.45, 2.75) is 32.6 Å². The topological polar surface area (TPSA) is 71.7 Å². The Morgan fingerprint density at radius 3 is 2.73 bits per heavy atom. The smallest absolute Gasteiger partial charge is 0.323 e. The van der Waals surface area contributed by atoms with E-state index in [1.165, 1.54) is 0 Å². The van der Waals surface area contributed by atoms with Crippen molar-refractivity contribution >= 4 is 11.9 Å². The van der Waals surface area contributed by atoms with E-state index in [2.05, 4.69) is 10.1 Å². The molecular weight excluding hydrogens is 284 g/mol. The number of ether oxygens (including phenoxy) is 1. The van der Waals surface area contributed by atoms with Gasteiger partial charge in [-0.05, 0) is 32.1 Å². The van der Waals surface area contributed by atoms with Gasteiger partial charge in [-0.1, -0.05) is 5.16 Å². The van der Waals surface area contributed by atoms with Crippen LogP contribution < -0.4 is 4.90 Å². The van der Waals surface area contributed by atoms with Gasteiger partial charge in [0.1, 0.15) is 6.61 Å². The minimum absolute atomic E-state index is 0.106. The number of anilines is 1. The van der Waals surface area contributed by atoms with Crippen molar-refractivity contribution in [3.8, 4) is 0 Å². The maximum atomic E-state index is 11.9. The number of likely N-dealkylation sites (tertiary alicyclic amines) is 1. The highest BCUT2D eigenvalue weighted by molar-refractivity contribution is 5.77.